The van der Waals surface area contributed by atoms with Gasteiger partial charge >= 0.3 is 0 Å². The van der Waals surface area contributed by atoms with Crippen molar-refractivity contribution in [1.82, 2.24) is 0 Å². The van der Waals surface area contributed by atoms with Crippen molar-refractivity contribution in [2.45, 2.75) is 25.7 Å². The van der Waals surface area contributed by atoms with E-state index in [0.717, 1.165) is 11.8 Å². The summed E-state index contributed by atoms with van der Waals surface area (Å²) in [6.07, 6.45) is 8.21. The van der Waals surface area contributed by atoms with Gasteiger partial charge in [-0.3, -0.25) is 0 Å². The second kappa shape index (κ2) is 11.9. The van der Waals surface area contributed by atoms with E-state index < -0.39 is 0 Å². The molecule has 172 valence electrons. The normalized spacial score (nSPS) is 18.3. The van der Waals surface area contributed by atoms with Crippen LogP contribution in [0.15, 0.2) is 121 Å². The molecule has 0 heterocycles. The molecule has 2 heteroatoms. The van der Waals surface area contributed by atoms with E-state index in [1.165, 1.54) is 59.2 Å². The van der Waals surface area contributed by atoms with Gasteiger partial charge in [-0.1, -0.05) is 141 Å². The molecule has 0 aromatic heterocycles. The highest BCUT2D eigenvalue weighted by Gasteiger charge is 2.28. The summed E-state index contributed by atoms with van der Waals surface area (Å²) in [5.74, 6) is 1.65. The van der Waals surface area contributed by atoms with Crippen molar-refractivity contribution in [3.8, 4) is 0 Å². The fraction of sp³-hybridized carbons (Fsp3) is 0.250. The Morgan fingerprint density at radius 3 is 1.03 bits per heavy atom. The van der Waals surface area contributed by atoms with Crippen molar-refractivity contribution in [1.29, 1.82) is 0 Å². The summed E-state index contributed by atoms with van der Waals surface area (Å²) in [6.45, 7) is 0. The average Bonchev–Trinajstić information content (AvgIpc) is 2.92. The molecule has 0 unspecified atom stereocenters. The maximum Gasteiger partial charge on any atom is -0.0195 e. The molecule has 34 heavy (non-hydrogen) atoms. The molecule has 2 atom stereocenters. The first-order valence-electron chi connectivity index (χ1n) is 12.6. The van der Waals surface area contributed by atoms with Crippen molar-refractivity contribution < 1.29 is 0 Å². The van der Waals surface area contributed by atoms with Crippen LogP contribution in [-0.2, 0) is 0 Å². The van der Waals surface area contributed by atoms with Crippen molar-refractivity contribution >= 4 is 37.1 Å². The lowest BCUT2D eigenvalue weighted by atomic mass is 9.83. The Morgan fingerprint density at radius 2 is 0.735 bits per heavy atom. The Labute approximate surface area is 208 Å². The van der Waals surface area contributed by atoms with E-state index in [-0.39, 0.29) is 15.8 Å². The summed E-state index contributed by atoms with van der Waals surface area (Å²) in [4.78, 5) is 0. The molecule has 0 bridgehead atoms. The number of benzene rings is 4. The monoisotopic (exact) mass is 480 g/mol. The van der Waals surface area contributed by atoms with Gasteiger partial charge in [-0.25, -0.2) is 0 Å². The van der Waals surface area contributed by atoms with Gasteiger partial charge in [-0.2, -0.15) is 0 Å². The third-order valence-electron chi connectivity index (χ3n) is 7.04. The minimum atomic E-state index is -0.295. The second-order valence-corrected chi connectivity index (χ2v) is 14.0. The molecule has 0 nitrogen and oxygen atoms in total. The standard InChI is InChI=1S/C32H34P2/c1-5-16-29(17-6-1)33(30-18-7-2-8-19-30)25-27-14-13-15-28(24-27)26-34(31-20-9-3-10-21-31)32-22-11-4-12-23-32/h1-12,16-23,27-28H,13-15,24-26H2/t27-,28+. The lowest BCUT2D eigenvalue weighted by Gasteiger charge is -2.34. The maximum atomic E-state index is 2.35. The molecular weight excluding hydrogens is 446 g/mol. The fourth-order valence-electron chi connectivity index (χ4n) is 5.40. The predicted molar refractivity (Wildman–Crippen MR) is 153 cm³/mol. The second-order valence-electron chi connectivity index (χ2n) is 9.46. The van der Waals surface area contributed by atoms with E-state index in [0.29, 0.717) is 0 Å². The van der Waals surface area contributed by atoms with Gasteiger partial charge < -0.3 is 0 Å². The van der Waals surface area contributed by atoms with E-state index in [9.17, 15) is 0 Å². The van der Waals surface area contributed by atoms with Gasteiger partial charge in [0, 0.05) is 0 Å². The topological polar surface area (TPSA) is 0 Å². The highest BCUT2D eigenvalue weighted by molar-refractivity contribution is 7.73. The summed E-state index contributed by atoms with van der Waals surface area (Å²) >= 11 is 0. The van der Waals surface area contributed by atoms with E-state index >= 15 is 0 Å². The van der Waals surface area contributed by atoms with E-state index in [1.54, 1.807) is 0 Å². The van der Waals surface area contributed by atoms with Crippen LogP contribution in [0.5, 0.6) is 0 Å². The number of hydrogen-bond acceptors (Lipinski definition) is 0. The van der Waals surface area contributed by atoms with Crippen molar-refractivity contribution in [2.75, 3.05) is 12.3 Å². The van der Waals surface area contributed by atoms with Gasteiger partial charge in [0.15, 0.2) is 0 Å². The van der Waals surface area contributed by atoms with E-state index in [2.05, 4.69) is 121 Å². The molecule has 0 aliphatic heterocycles. The molecule has 0 amide bonds. The molecule has 0 radical (unpaired) electrons. The summed E-state index contributed by atoms with van der Waals surface area (Å²) in [6, 6.07) is 45.1. The molecule has 1 saturated carbocycles. The highest BCUT2D eigenvalue weighted by atomic mass is 31.1. The summed E-state index contributed by atoms with van der Waals surface area (Å²) in [5.41, 5.74) is 0. The lowest BCUT2D eigenvalue weighted by Crippen LogP contribution is -2.26. The Bertz CT molecular complexity index is 943. The van der Waals surface area contributed by atoms with E-state index in [4.69, 9.17) is 0 Å². The van der Waals surface area contributed by atoms with Gasteiger partial charge in [0.05, 0.1) is 0 Å². The summed E-state index contributed by atoms with van der Waals surface area (Å²) < 4.78 is 0. The molecule has 1 aliphatic carbocycles. The maximum absolute atomic E-state index is 2.35. The minimum absolute atomic E-state index is 0.295. The minimum Gasteiger partial charge on any atom is -0.0622 e. The predicted octanol–water partition coefficient (Wildman–Crippen LogP) is 7.06. The van der Waals surface area contributed by atoms with Crippen molar-refractivity contribution in [3.63, 3.8) is 0 Å². The Morgan fingerprint density at radius 1 is 0.441 bits per heavy atom. The van der Waals surface area contributed by atoms with Gasteiger partial charge in [-0.05, 0) is 67.6 Å². The summed E-state index contributed by atoms with van der Waals surface area (Å²) in [5, 5.41) is 6.12. The van der Waals surface area contributed by atoms with E-state index in [1.807, 2.05) is 0 Å². The molecular formula is C32H34P2. The SMILES string of the molecule is c1ccc(P(C[C@@H]2CCC[C@H](CP(c3ccccc3)c3ccccc3)C2)c2ccccc2)cc1. The first-order chi connectivity index (χ1) is 16.9. The number of rotatable bonds is 8. The van der Waals surface area contributed by atoms with Crippen LogP contribution in [0.1, 0.15) is 25.7 Å². The molecule has 4 aromatic carbocycles. The zero-order valence-corrected chi connectivity index (χ0v) is 21.6. The number of hydrogen-bond donors (Lipinski definition) is 0. The van der Waals surface area contributed by atoms with Crippen molar-refractivity contribution in [3.05, 3.63) is 121 Å². The van der Waals surface area contributed by atoms with Crippen molar-refractivity contribution in [2.24, 2.45) is 11.8 Å². The zero-order valence-electron chi connectivity index (χ0n) is 19.8. The smallest absolute Gasteiger partial charge is 0.0195 e. The third kappa shape index (κ3) is 6.05. The van der Waals surface area contributed by atoms with Crippen LogP contribution in [0.25, 0.3) is 0 Å². The zero-order chi connectivity index (χ0) is 23.0. The average molecular weight is 481 g/mol. The van der Waals surface area contributed by atoms with Crippen LogP contribution < -0.4 is 21.2 Å². The molecule has 1 aliphatic rings. The first-order valence-corrected chi connectivity index (χ1v) is 15.7. The van der Waals surface area contributed by atoms with Crippen LogP contribution in [-0.4, -0.2) is 12.3 Å². The third-order valence-corrected chi connectivity index (χ3v) is 12.5. The molecule has 0 spiro atoms. The Hall–Kier alpha value is -2.26. The summed E-state index contributed by atoms with van der Waals surface area (Å²) in [7, 11) is -0.591. The fourth-order valence-corrected chi connectivity index (χ4v) is 10.7. The molecule has 5 rings (SSSR count). The van der Waals surface area contributed by atoms with Gasteiger partial charge in [-0.15, -0.1) is 0 Å². The van der Waals surface area contributed by atoms with Crippen LogP contribution in [0.4, 0.5) is 0 Å². The Balaban J connectivity index is 1.33. The highest BCUT2D eigenvalue weighted by Crippen LogP contribution is 2.45. The van der Waals surface area contributed by atoms with Gasteiger partial charge in [0.1, 0.15) is 0 Å². The van der Waals surface area contributed by atoms with Crippen LogP contribution >= 0.6 is 15.8 Å². The van der Waals surface area contributed by atoms with Gasteiger partial charge in [0.25, 0.3) is 0 Å². The first kappa shape index (κ1) is 23.5. The lowest BCUT2D eigenvalue weighted by molar-refractivity contribution is 0.308. The van der Waals surface area contributed by atoms with Crippen LogP contribution in [0, 0.1) is 11.8 Å². The van der Waals surface area contributed by atoms with Gasteiger partial charge in [0.2, 0.25) is 0 Å². The Kier molecular flexibility index (Phi) is 8.24. The largest absolute Gasteiger partial charge is 0.0622 e. The van der Waals surface area contributed by atoms with Crippen LogP contribution in [0.2, 0.25) is 0 Å². The van der Waals surface area contributed by atoms with Crippen LogP contribution in [0.3, 0.4) is 0 Å². The molecule has 4 aromatic rings. The molecule has 0 saturated heterocycles. The molecule has 0 N–H and O–H groups in total. The quantitative estimate of drug-likeness (QED) is 0.237. The molecule has 1 fully saturated rings.